The Balaban J connectivity index is 1.55. The summed E-state index contributed by atoms with van der Waals surface area (Å²) in [7, 11) is 4.53. The summed E-state index contributed by atoms with van der Waals surface area (Å²) in [5.41, 5.74) is 1.27. The van der Waals surface area contributed by atoms with E-state index in [1.807, 2.05) is 0 Å². The first-order valence-corrected chi connectivity index (χ1v) is 10.9. The molecular formula is C24H28N4O7. The van der Waals surface area contributed by atoms with Gasteiger partial charge in [0.1, 0.15) is 6.61 Å². The molecule has 0 bridgehead atoms. The van der Waals surface area contributed by atoms with Crippen molar-refractivity contribution in [2.24, 2.45) is 0 Å². The highest BCUT2D eigenvalue weighted by molar-refractivity contribution is 5.92. The topological polar surface area (TPSA) is 130 Å². The molecular weight excluding hydrogens is 456 g/mol. The van der Waals surface area contributed by atoms with Gasteiger partial charge in [-0.3, -0.25) is 19.5 Å². The number of ether oxygens (including phenoxy) is 4. The third-order valence-corrected chi connectivity index (χ3v) is 5.05. The van der Waals surface area contributed by atoms with Gasteiger partial charge in [0.25, 0.3) is 5.56 Å². The molecule has 0 radical (unpaired) electrons. The molecule has 2 N–H and O–H groups in total. The van der Waals surface area contributed by atoms with Crippen LogP contribution in [0, 0.1) is 0 Å². The van der Waals surface area contributed by atoms with E-state index < -0.39 is 6.09 Å². The molecule has 0 aliphatic carbocycles. The average Bonchev–Trinajstić information content (AvgIpc) is 2.85. The summed E-state index contributed by atoms with van der Waals surface area (Å²) in [6.45, 7) is 0.753. The van der Waals surface area contributed by atoms with Crippen molar-refractivity contribution < 1.29 is 28.5 Å². The highest BCUT2D eigenvalue weighted by Crippen LogP contribution is 2.29. The molecule has 186 valence electrons. The van der Waals surface area contributed by atoms with Gasteiger partial charge in [0.15, 0.2) is 11.5 Å². The number of anilines is 2. The molecule has 0 atom stereocenters. The Labute approximate surface area is 202 Å². The molecule has 0 fully saturated rings. The Morgan fingerprint density at radius 3 is 2.40 bits per heavy atom. The molecule has 3 rings (SSSR count). The smallest absolute Gasteiger partial charge is 0.411 e. The van der Waals surface area contributed by atoms with Crippen molar-refractivity contribution in [2.45, 2.75) is 19.4 Å². The number of carbonyl (C=O) groups is 2. The Hall–Kier alpha value is -4.12. The Morgan fingerprint density at radius 1 is 0.971 bits per heavy atom. The molecule has 0 aliphatic rings. The second-order valence-electron chi connectivity index (χ2n) is 7.45. The van der Waals surface area contributed by atoms with E-state index in [0.717, 1.165) is 0 Å². The lowest BCUT2D eigenvalue weighted by molar-refractivity contribution is -0.116. The van der Waals surface area contributed by atoms with Gasteiger partial charge in [0, 0.05) is 37.5 Å². The summed E-state index contributed by atoms with van der Waals surface area (Å²) in [5, 5.41) is 5.77. The first-order chi connectivity index (χ1) is 16.9. The van der Waals surface area contributed by atoms with Crippen LogP contribution in [0.3, 0.4) is 0 Å². The molecule has 1 heterocycles. The number of amides is 2. The second kappa shape index (κ2) is 12.4. The maximum atomic E-state index is 12.8. The zero-order valence-electron chi connectivity index (χ0n) is 19.8. The fourth-order valence-corrected chi connectivity index (χ4v) is 3.32. The lowest BCUT2D eigenvalue weighted by Crippen LogP contribution is -2.22. The fraction of sp³-hybridized carbons (Fsp3) is 0.333. The Bertz CT molecular complexity index is 1240. The molecule has 0 spiro atoms. The number of aryl methyl sites for hydroxylation is 1. The lowest BCUT2D eigenvalue weighted by atomic mass is 10.2. The third-order valence-electron chi connectivity index (χ3n) is 5.05. The summed E-state index contributed by atoms with van der Waals surface area (Å²) in [4.78, 5) is 41.3. The van der Waals surface area contributed by atoms with Crippen molar-refractivity contribution in [2.75, 3.05) is 45.2 Å². The van der Waals surface area contributed by atoms with E-state index in [-0.39, 0.29) is 24.5 Å². The predicted molar refractivity (Wildman–Crippen MR) is 130 cm³/mol. The van der Waals surface area contributed by atoms with Gasteiger partial charge in [-0.1, -0.05) is 6.07 Å². The van der Waals surface area contributed by atoms with Crippen molar-refractivity contribution in [1.82, 2.24) is 9.55 Å². The first kappa shape index (κ1) is 25.5. The number of carbonyl (C=O) groups excluding carboxylic acids is 2. The highest BCUT2D eigenvalue weighted by Gasteiger charge is 2.12. The van der Waals surface area contributed by atoms with E-state index in [2.05, 4.69) is 15.6 Å². The van der Waals surface area contributed by atoms with Crippen LogP contribution < -0.4 is 25.7 Å². The van der Waals surface area contributed by atoms with Gasteiger partial charge in [0.05, 0.1) is 38.1 Å². The van der Waals surface area contributed by atoms with Gasteiger partial charge in [0.2, 0.25) is 5.91 Å². The molecule has 11 heteroatoms. The maximum absolute atomic E-state index is 12.8. The molecule has 2 amide bonds. The number of fused-ring (bicyclic) bond motifs is 1. The minimum absolute atomic E-state index is 0.135. The van der Waals surface area contributed by atoms with Gasteiger partial charge in [-0.25, -0.2) is 9.78 Å². The molecule has 0 unspecified atom stereocenters. The lowest BCUT2D eigenvalue weighted by Gasteiger charge is -2.11. The van der Waals surface area contributed by atoms with Gasteiger partial charge in [-0.2, -0.15) is 0 Å². The van der Waals surface area contributed by atoms with Gasteiger partial charge >= 0.3 is 6.09 Å². The van der Waals surface area contributed by atoms with E-state index in [4.69, 9.17) is 18.9 Å². The number of methoxy groups -OCH3 is 3. The van der Waals surface area contributed by atoms with Crippen LogP contribution in [-0.4, -0.2) is 56.1 Å². The van der Waals surface area contributed by atoms with Crippen LogP contribution in [0.2, 0.25) is 0 Å². The van der Waals surface area contributed by atoms with E-state index in [1.165, 1.54) is 32.2 Å². The van der Waals surface area contributed by atoms with Gasteiger partial charge < -0.3 is 24.3 Å². The van der Waals surface area contributed by atoms with Crippen LogP contribution in [0.25, 0.3) is 10.9 Å². The largest absolute Gasteiger partial charge is 0.493 e. The number of benzene rings is 2. The van der Waals surface area contributed by atoms with Crippen LogP contribution in [0.4, 0.5) is 16.2 Å². The van der Waals surface area contributed by atoms with E-state index >= 15 is 0 Å². The van der Waals surface area contributed by atoms with Crippen LogP contribution in [0.1, 0.15) is 12.8 Å². The monoisotopic (exact) mass is 484 g/mol. The minimum Gasteiger partial charge on any atom is -0.493 e. The molecule has 11 nitrogen and oxygen atoms in total. The SMILES string of the molecule is COCCOC(=O)Nc1cccc(NC(=O)CCCn2cnc3cc(OC)c(OC)cc3c2=O)c1. The van der Waals surface area contributed by atoms with Crippen molar-refractivity contribution in [3.05, 3.63) is 53.1 Å². The maximum Gasteiger partial charge on any atom is 0.411 e. The Morgan fingerprint density at radius 2 is 1.69 bits per heavy atom. The Kier molecular flexibility index (Phi) is 9.02. The minimum atomic E-state index is -0.615. The zero-order chi connectivity index (χ0) is 25.2. The normalized spacial score (nSPS) is 10.6. The van der Waals surface area contributed by atoms with Crippen molar-refractivity contribution >= 4 is 34.3 Å². The summed E-state index contributed by atoms with van der Waals surface area (Å²) in [5.74, 6) is 0.706. The molecule has 35 heavy (non-hydrogen) atoms. The number of rotatable bonds is 11. The molecule has 3 aromatic rings. The van der Waals surface area contributed by atoms with Crippen LogP contribution in [-0.2, 0) is 20.8 Å². The standard InChI is InChI=1S/C24H28N4O7/c1-32-10-11-35-24(31)27-17-7-4-6-16(12-17)26-22(29)8-5-9-28-15-25-19-14-21(34-3)20(33-2)13-18(19)23(28)30/h4,6-7,12-15H,5,8-11H2,1-3H3,(H,26,29)(H,27,31). The number of hydrogen-bond donors (Lipinski definition) is 2. The van der Waals surface area contributed by atoms with Gasteiger partial charge in [-0.15, -0.1) is 0 Å². The molecule has 1 aromatic heterocycles. The molecule has 0 aliphatic heterocycles. The first-order valence-electron chi connectivity index (χ1n) is 10.9. The van der Waals surface area contributed by atoms with Crippen LogP contribution in [0.5, 0.6) is 11.5 Å². The number of nitrogens with one attached hydrogen (secondary N) is 2. The molecule has 2 aromatic carbocycles. The quantitative estimate of drug-likeness (QED) is 0.397. The number of aromatic nitrogens is 2. The van der Waals surface area contributed by atoms with E-state index in [0.29, 0.717) is 53.3 Å². The van der Waals surface area contributed by atoms with Crippen molar-refractivity contribution in [3.63, 3.8) is 0 Å². The van der Waals surface area contributed by atoms with Crippen molar-refractivity contribution in [3.8, 4) is 11.5 Å². The molecule has 0 saturated heterocycles. The highest BCUT2D eigenvalue weighted by atomic mass is 16.6. The predicted octanol–water partition coefficient (Wildman–Crippen LogP) is 3.03. The van der Waals surface area contributed by atoms with Crippen LogP contribution in [0.15, 0.2) is 47.5 Å². The fourth-order valence-electron chi connectivity index (χ4n) is 3.32. The summed E-state index contributed by atoms with van der Waals surface area (Å²) >= 11 is 0. The van der Waals surface area contributed by atoms with Gasteiger partial charge in [-0.05, 0) is 30.7 Å². The van der Waals surface area contributed by atoms with Crippen LogP contribution >= 0.6 is 0 Å². The van der Waals surface area contributed by atoms with Crippen molar-refractivity contribution in [1.29, 1.82) is 0 Å². The summed E-state index contributed by atoms with van der Waals surface area (Å²) in [6, 6.07) is 9.95. The average molecular weight is 485 g/mol. The molecule has 0 saturated carbocycles. The van der Waals surface area contributed by atoms with E-state index in [9.17, 15) is 14.4 Å². The summed E-state index contributed by atoms with van der Waals surface area (Å²) < 4.78 is 21.8. The number of nitrogens with zero attached hydrogens (tertiary/aromatic N) is 2. The zero-order valence-corrected chi connectivity index (χ0v) is 19.8. The summed E-state index contributed by atoms with van der Waals surface area (Å²) in [6.07, 6.45) is 1.45. The second-order valence-corrected chi connectivity index (χ2v) is 7.45. The number of hydrogen-bond acceptors (Lipinski definition) is 8. The third kappa shape index (κ3) is 6.93. The van der Waals surface area contributed by atoms with E-state index in [1.54, 1.807) is 36.4 Å².